The molecule has 0 aliphatic carbocycles. The monoisotopic (exact) mass is 336 g/mol. The van der Waals surface area contributed by atoms with Crippen molar-refractivity contribution >= 4 is 11.7 Å². The lowest BCUT2D eigenvalue weighted by atomic mass is 10.2. The van der Waals surface area contributed by atoms with Crippen molar-refractivity contribution in [2.24, 2.45) is 0 Å². The Kier molecular flexibility index (Phi) is 6.08. The maximum Gasteiger partial charge on any atom is 0.319 e. The van der Waals surface area contributed by atoms with E-state index in [4.69, 9.17) is 4.74 Å². The highest BCUT2D eigenvalue weighted by atomic mass is 19.1. The van der Waals surface area contributed by atoms with Crippen LogP contribution in [0.25, 0.3) is 0 Å². The standard InChI is InChI=1S/C17H18F2N2O3/c1-11-3-2-4-14(7-11)24-10-13(22)9-20-17(23)21-16-6-5-12(18)8-15(16)19/h2-8,13,22H,9-10H2,1H3,(H2,20,21,23). The Bertz CT molecular complexity index is 710. The molecule has 1 unspecified atom stereocenters. The molecule has 0 saturated heterocycles. The maximum absolute atomic E-state index is 13.4. The topological polar surface area (TPSA) is 70.6 Å². The van der Waals surface area contributed by atoms with E-state index in [1.165, 1.54) is 0 Å². The second kappa shape index (κ2) is 8.26. The molecule has 0 fully saturated rings. The first kappa shape index (κ1) is 17.7. The molecule has 0 aliphatic heterocycles. The van der Waals surface area contributed by atoms with Gasteiger partial charge in [-0.15, -0.1) is 0 Å². The van der Waals surface area contributed by atoms with Crippen LogP contribution in [0.15, 0.2) is 42.5 Å². The van der Waals surface area contributed by atoms with Gasteiger partial charge in [-0.25, -0.2) is 13.6 Å². The van der Waals surface area contributed by atoms with Crippen molar-refractivity contribution in [1.29, 1.82) is 0 Å². The molecule has 2 amide bonds. The van der Waals surface area contributed by atoms with Crippen molar-refractivity contribution < 1.29 is 23.4 Å². The largest absolute Gasteiger partial charge is 0.491 e. The summed E-state index contributed by atoms with van der Waals surface area (Å²) >= 11 is 0. The van der Waals surface area contributed by atoms with E-state index in [0.29, 0.717) is 11.8 Å². The molecule has 0 saturated carbocycles. The van der Waals surface area contributed by atoms with Crippen LogP contribution in [-0.2, 0) is 0 Å². The minimum Gasteiger partial charge on any atom is -0.491 e. The third-order valence-corrected chi connectivity index (χ3v) is 3.11. The van der Waals surface area contributed by atoms with Gasteiger partial charge in [0.05, 0.1) is 5.69 Å². The number of ether oxygens (including phenoxy) is 1. The molecule has 0 radical (unpaired) electrons. The van der Waals surface area contributed by atoms with E-state index in [-0.39, 0.29) is 18.8 Å². The molecule has 24 heavy (non-hydrogen) atoms. The van der Waals surface area contributed by atoms with Crippen molar-refractivity contribution in [3.8, 4) is 5.75 Å². The third kappa shape index (κ3) is 5.51. The molecule has 3 N–H and O–H groups in total. The number of halogens is 2. The number of urea groups is 1. The molecular formula is C17H18F2N2O3. The first-order valence-corrected chi connectivity index (χ1v) is 7.31. The van der Waals surface area contributed by atoms with E-state index >= 15 is 0 Å². The van der Waals surface area contributed by atoms with E-state index in [1.807, 2.05) is 25.1 Å². The number of nitrogens with one attached hydrogen (secondary N) is 2. The van der Waals surface area contributed by atoms with Crippen LogP contribution in [0.1, 0.15) is 5.56 Å². The number of aliphatic hydroxyl groups excluding tert-OH is 1. The number of hydrogen-bond acceptors (Lipinski definition) is 3. The van der Waals surface area contributed by atoms with Gasteiger partial charge in [-0.3, -0.25) is 0 Å². The number of carbonyl (C=O) groups excluding carboxylic acids is 1. The Hall–Kier alpha value is -2.67. The Labute approximate surface area is 138 Å². The van der Waals surface area contributed by atoms with Gasteiger partial charge in [0, 0.05) is 12.6 Å². The summed E-state index contributed by atoms with van der Waals surface area (Å²) in [6.45, 7) is 1.83. The van der Waals surface area contributed by atoms with E-state index in [2.05, 4.69) is 10.6 Å². The summed E-state index contributed by atoms with van der Waals surface area (Å²) in [5.74, 6) is -0.998. The zero-order chi connectivity index (χ0) is 17.5. The van der Waals surface area contributed by atoms with Gasteiger partial charge in [0.25, 0.3) is 0 Å². The number of amides is 2. The predicted molar refractivity (Wildman–Crippen MR) is 86.1 cm³/mol. The van der Waals surface area contributed by atoms with Crippen LogP contribution in [0.3, 0.4) is 0 Å². The van der Waals surface area contributed by atoms with Crippen molar-refractivity contribution in [3.63, 3.8) is 0 Å². The van der Waals surface area contributed by atoms with Gasteiger partial charge in [0.2, 0.25) is 0 Å². The Morgan fingerprint density at radius 3 is 2.75 bits per heavy atom. The molecule has 5 nitrogen and oxygen atoms in total. The van der Waals surface area contributed by atoms with E-state index < -0.39 is 23.8 Å². The van der Waals surface area contributed by atoms with Gasteiger partial charge in [-0.1, -0.05) is 12.1 Å². The SMILES string of the molecule is Cc1cccc(OCC(O)CNC(=O)Nc2ccc(F)cc2F)c1. The molecule has 1 atom stereocenters. The van der Waals surface area contributed by atoms with E-state index in [1.54, 1.807) is 6.07 Å². The lowest BCUT2D eigenvalue weighted by molar-refractivity contribution is 0.108. The average Bonchev–Trinajstić information content (AvgIpc) is 2.54. The second-order valence-electron chi connectivity index (χ2n) is 5.24. The summed E-state index contributed by atoms with van der Waals surface area (Å²) in [7, 11) is 0. The molecule has 0 aliphatic rings. The minimum absolute atomic E-state index is 0.00531. The number of anilines is 1. The molecule has 128 valence electrons. The summed E-state index contributed by atoms with van der Waals surface area (Å²) in [5, 5.41) is 14.4. The maximum atomic E-state index is 13.4. The quantitative estimate of drug-likeness (QED) is 0.760. The van der Waals surface area contributed by atoms with Crippen molar-refractivity contribution in [3.05, 3.63) is 59.7 Å². The Balaban J connectivity index is 1.74. The number of aliphatic hydroxyl groups is 1. The normalized spacial score (nSPS) is 11.7. The number of hydrogen-bond donors (Lipinski definition) is 3. The zero-order valence-electron chi connectivity index (χ0n) is 13.1. The highest BCUT2D eigenvalue weighted by Crippen LogP contribution is 2.14. The number of carbonyl (C=O) groups is 1. The highest BCUT2D eigenvalue weighted by molar-refractivity contribution is 5.89. The van der Waals surface area contributed by atoms with Gasteiger partial charge in [0.1, 0.15) is 30.1 Å². The van der Waals surface area contributed by atoms with E-state index in [0.717, 1.165) is 17.7 Å². The smallest absolute Gasteiger partial charge is 0.319 e. The summed E-state index contributed by atoms with van der Waals surface area (Å²) in [6, 6.07) is 9.44. The number of benzene rings is 2. The summed E-state index contributed by atoms with van der Waals surface area (Å²) < 4.78 is 31.6. The molecule has 0 aromatic heterocycles. The fraction of sp³-hybridized carbons (Fsp3) is 0.235. The molecule has 0 bridgehead atoms. The van der Waals surface area contributed by atoms with E-state index in [9.17, 15) is 18.7 Å². The Morgan fingerprint density at radius 2 is 2.04 bits per heavy atom. The molecule has 0 spiro atoms. The minimum atomic E-state index is -0.936. The molecule has 0 heterocycles. The van der Waals surface area contributed by atoms with Crippen LogP contribution < -0.4 is 15.4 Å². The lowest BCUT2D eigenvalue weighted by Crippen LogP contribution is -2.37. The average molecular weight is 336 g/mol. The van der Waals surface area contributed by atoms with Crippen LogP contribution in [0.4, 0.5) is 19.3 Å². The molecule has 2 aromatic carbocycles. The van der Waals surface area contributed by atoms with Crippen molar-refractivity contribution in [1.82, 2.24) is 5.32 Å². The van der Waals surface area contributed by atoms with Gasteiger partial charge >= 0.3 is 6.03 Å². The van der Waals surface area contributed by atoms with Crippen LogP contribution in [-0.4, -0.2) is 30.4 Å². The molecule has 7 heteroatoms. The summed E-state index contributed by atoms with van der Waals surface area (Å²) in [6.07, 6.45) is -0.936. The van der Waals surface area contributed by atoms with Crippen LogP contribution in [0.5, 0.6) is 5.75 Å². The zero-order valence-corrected chi connectivity index (χ0v) is 13.1. The highest BCUT2D eigenvalue weighted by Gasteiger charge is 2.10. The Morgan fingerprint density at radius 1 is 1.25 bits per heavy atom. The van der Waals surface area contributed by atoms with Gasteiger partial charge < -0.3 is 20.5 Å². The first-order valence-electron chi connectivity index (χ1n) is 7.31. The molecule has 2 aromatic rings. The van der Waals surface area contributed by atoms with Crippen molar-refractivity contribution in [2.45, 2.75) is 13.0 Å². The number of aryl methyl sites for hydroxylation is 1. The lowest BCUT2D eigenvalue weighted by Gasteiger charge is -2.14. The fourth-order valence-electron chi connectivity index (χ4n) is 1.92. The van der Waals surface area contributed by atoms with Crippen LogP contribution in [0.2, 0.25) is 0 Å². The van der Waals surface area contributed by atoms with Gasteiger partial charge in [0.15, 0.2) is 0 Å². The van der Waals surface area contributed by atoms with Gasteiger partial charge in [-0.05, 0) is 36.8 Å². The van der Waals surface area contributed by atoms with Crippen molar-refractivity contribution in [2.75, 3.05) is 18.5 Å². The second-order valence-corrected chi connectivity index (χ2v) is 5.24. The third-order valence-electron chi connectivity index (χ3n) is 3.11. The first-order chi connectivity index (χ1) is 11.4. The predicted octanol–water partition coefficient (Wildman–Crippen LogP) is 2.83. The fourth-order valence-corrected chi connectivity index (χ4v) is 1.92. The molecule has 2 rings (SSSR count). The van der Waals surface area contributed by atoms with Crippen LogP contribution in [0, 0.1) is 18.6 Å². The van der Waals surface area contributed by atoms with Crippen LogP contribution >= 0.6 is 0 Å². The number of rotatable bonds is 6. The molecular weight excluding hydrogens is 318 g/mol. The summed E-state index contributed by atoms with van der Waals surface area (Å²) in [4.78, 5) is 11.6. The summed E-state index contributed by atoms with van der Waals surface area (Å²) in [5.41, 5.74) is 0.875. The van der Waals surface area contributed by atoms with Gasteiger partial charge in [-0.2, -0.15) is 0 Å².